The SMILES string of the molecule is CC1CN(C)CCCN1Cc1ccc(C(=N)N)cc1F. The number of nitrogens with zero attached hydrogens (tertiary/aromatic N) is 2. The molecule has 0 spiro atoms. The van der Waals surface area contributed by atoms with E-state index in [2.05, 4.69) is 23.8 Å². The molecule has 1 aromatic carbocycles. The van der Waals surface area contributed by atoms with Crippen LogP contribution in [0.1, 0.15) is 24.5 Å². The summed E-state index contributed by atoms with van der Waals surface area (Å²) in [6.45, 7) is 5.88. The van der Waals surface area contributed by atoms with Crippen LogP contribution in [-0.2, 0) is 6.54 Å². The molecule has 1 fully saturated rings. The highest BCUT2D eigenvalue weighted by Crippen LogP contribution is 2.17. The van der Waals surface area contributed by atoms with Crippen molar-refractivity contribution in [3.63, 3.8) is 0 Å². The second-order valence-corrected chi connectivity index (χ2v) is 5.66. The van der Waals surface area contributed by atoms with Gasteiger partial charge in [0.05, 0.1) is 0 Å². The zero-order valence-corrected chi connectivity index (χ0v) is 12.2. The summed E-state index contributed by atoms with van der Waals surface area (Å²) in [6, 6.07) is 5.23. The quantitative estimate of drug-likeness (QED) is 0.653. The molecular formula is C15H23FN4. The Morgan fingerprint density at radius 1 is 1.45 bits per heavy atom. The van der Waals surface area contributed by atoms with Gasteiger partial charge in [-0.25, -0.2) is 4.39 Å². The minimum Gasteiger partial charge on any atom is -0.384 e. The van der Waals surface area contributed by atoms with Gasteiger partial charge < -0.3 is 10.6 Å². The molecule has 0 aromatic heterocycles. The highest BCUT2D eigenvalue weighted by atomic mass is 19.1. The van der Waals surface area contributed by atoms with Gasteiger partial charge in [-0.1, -0.05) is 12.1 Å². The van der Waals surface area contributed by atoms with Crippen molar-refractivity contribution < 1.29 is 4.39 Å². The Hall–Kier alpha value is -1.46. The van der Waals surface area contributed by atoms with Crippen molar-refractivity contribution in [3.05, 3.63) is 35.1 Å². The van der Waals surface area contributed by atoms with E-state index < -0.39 is 0 Å². The lowest BCUT2D eigenvalue weighted by atomic mass is 10.1. The lowest BCUT2D eigenvalue weighted by Crippen LogP contribution is -2.37. The predicted molar refractivity (Wildman–Crippen MR) is 79.4 cm³/mol. The van der Waals surface area contributed by atoms with Gasteiger partial charge in [0.2, 0.25) is 0 Å². The van der Waals surface area contributed by atoms with Gasteiger partial charge in [0.25, 0.3) is 0 Å². The molecule has 1 saturated heterocycles. The van der Waals surface area contributed by atoms with Crippen LogP contribution < -0.4 is 5.73 Å². The predicted octanol–water partition coefficient (Wildman–Crippen LogP) is 1.64. The Bertz CT molecular complexity index is 489. The van der Waals surface area contributed by atoms with Gasteiger partial charge in [0, 0.05) is 36.8 Å². The van der Waals surface area contributed by atoms with E-state index in [1.54, 1.807) is 12.1 Å². The highest BCUT2D eigenvalue weighted by Gasteiger charge is 2.20. The molecule has 20 heavy (non-hydrogen) atoms. The number of amidine groups is 1. The van der Waals surface area contributed by atoms with Crippen molar-refractivity contribution in [1.29, 1.82) is 5.41 Å². The lowest BCUT2D eigenvalue weighted by molar-refractivity contribution is 0.192. The number of hydrogen-bond donors (Lipinski definition) is 2. The Morgan fingerprint density at radius 3 is 2.85 bits per heavy atom. The normalized spacial score (nSPS) is 21.6. The molecule has 1 aliphatic rings. The van der Waals surface area contributed by atoms with Gasteiger partial charge in [-0.15, -0.1) is 0 Å². The van der Waals surface area contributed by atoms with E-state index in [1.165, 1.54) is 6.07 Å². The second kappa shape index (κ2) is 6.33. The summed E-state index contributed by atoms with van der Waals surface area (Å²) >= 11 is 0. The number of nitrogens with two attached hydrogens (primary N) is 1. The topological polar surface area (TPSA) is 56.4 Å². The maximum Gasteiger partial charge on any atom is 0.128 e. The largest absolute Gasteiger partial charge is 0.384 e. The van der Waals surface area contributed by atoms with Gasteiger partial charge in [-0.2, -0.15) is 0 Å². The number of benzene rings is 1. The molecule has 0 bridgehead atoms. The Labute approximate surface area is 119 Å². The number of halogens is 1. The molecule has 1 aromatic rings. The number of likely N-dealkylation sites (N-methyl/N-ethyl adjacent to an activating group) is 1. The van der Waals surface area contributed by atoms with Crippen LogP contribution in [-0.4, -0.2) is 48.4 Å². The summed E-state index contributed by atoms with van der Waals surface area (Å²) in [5, 5.41) is 7.33. The average Bonchev–Trinajstić information content (AvgIpc) is 2.53. The first kappa shape index (κ1) is 14.9. The summed E-state index contributed by atoms with van der Waals surface area (Å²) in [5.41, 5.74) is 6.49. The number of rotatable bonds is 3. The zero-order chi connectivity index (χ0) is 14.7. The molecule has 1 unspecified atom stereocenters. The van der Waals surface area contributed by atoms with Gasteiger partial charge in [0.15, 0.2) is 0 Å². The van der Waals surface area contributed by atoms with Crippen molar-refractivity contribution in [3.8, 4) is 0 Å². The van der Waals surface area contributed by atoms with Crippen LogP contribution in [0.5, 0.6) is 0 Å². The van der Waals surface area contributed by atoms with Crippen LogP contribution in [0.25, 0.3) is 0 Å². The molecule has 0 amide bonds. The highest BCUT2D eigenvalue weighted by molar-refractivity contribution is 5.94. The van der Waals surface area contributed by atoms with E-state index in [1.807, 2.05) is 0 Å². The third-order valence-electron chi connectivity index (χ3n) is 3.92. The van der Waals surface area contributed by atoms with E-state index in [0.29, 0.717) is 23.7 Å². The molecule has 5 heteroatoms. The summed E-state index contributed by atoms with van der Waals surface area (Å²) in [5.74, 6) is -0.372. The van der Waals surface area contributed by atoms with E-state index in [4.69, 9.17) is 11.1 Å². The smallest absolute Gasteiger partial charge is 0.128 e. The maximum absolute atomic E-state index is 14.1. The molecule has 3 N–H and O–H groups in total. The Kier molecular flexibility index (Phi) is 4.73. The average molecular weight is 278 g/mol. The summed E-state index contributed by atoms with van der Waals surface area (Å²) in [4.78, 5) is 4.63. The number of nitrogens with one attached hydrogen (secondary N) is 1. The molecule has 4 nitrogen and oxygen atoms in total. The van der Waals surface area contributed by atoms with Crippen molar-refractivity contribution in [2.75, 3.05) is 26.7 Å². The molecule has 1 aliphatic heterocycles. The van der Waals surface area contributed by atoms with Crippen molar-refractivity contribution in [2.45, 2.75) is 25.9 Å². The minimum atomic E-state index is -0.275. The fourth-order valence-corrected chi connectivity index (χ4v) is 2.72. The van der Waals surface area contributed by atoms with Gasteiger partial charge in [-0.3, -0.25) is 10.3 Å². The van der Waals surface area contributed by atoms with Crippen LogP contribution in [0.15, 0.2) is 18.2 Å². The summed E-state index contributed by atoms with van der Waals surface area (Å²) in [7, 11) is 2.13. The molecule has 1 atom stereocenters. The maximum atomic E-state index is 14.1. The molecule has 2 rings (SSSR count). The van der Waals surface area contributed by atoms with Gasteiger partial charge in [0.1, 0.15) is 11.7 Å². The first-order valence-corrected chi connectivity index (χ1v) is 7.03. The lowest BCUT2D eigenvalue weighted by Gasteiger charge is -2.28. The van der Waals surface area contributed by atoms with E-state index in [0.717, 1.165) is 26.1 Å². The van der Waals surface area contributed by atoms with Crippen molar-refractivity contribution in [2.24, 2.45) is 5.73 Å². The third kappa shape index (κ3) is 3.55. The minimum absolute atomic E-state index is 0.0970. The van der Waals surface area contributed by atoms with Crippen LogP contribution in [0.3, 0.4) is 0 Å². The summed E-state index contributed by atoms with van der Waals surface area (Å²) < 4.78 is 14.1. The fraction of sp³-hybridized carbons (Fsp3) is 0.533. The van der Waals surface area contributed by atoms with Gasteiger partial charge in [-0.05, 0) is 33.0 Å². The van der Waals surface area contributed by atoms with Crippen molar-refractivity contribution >= 4 is 5.84 Å². The first-order chi connectivity index (χ1) is 9.47. The monoisotopic (exact) mass is 278 g/mol. The first-order valence-electron chi connectivity index (χ1n) is 7.03. The van der Waals surface area contributed by atoms with Crippen molar-refractivity contribution in [1.82, 2.24) is 9.80 Å². The Balaban J connectivity index is 2.11. The second-order valence-electron chi connectivity index (χ2n) is 5.66. The molecule has 1 heterocycles. The van der Waals surface area contributed by atoms with Crippen LogP contribution >= 0.6 is 0 Å². The van der Waals surface area contributed by atoms with E-state index >= 15 is 0 Å². The number of nitrogen functional groups attached to an aromatic ring is 1. The number of hydrogen-bond acceptors (Lipinski definition) is 3. The standard InChI is InChI=1S/C15H23FN4/c1-11-9-19(2)6-3-7-20(11)10-13-5-4-12(15(17)18)8-14(13)16/h4-5,8,11H,3,6-7,9-10H2,1-2H3,(H3,17,18). The van der Waals surface area contributed by atoms with Crippen LogP contribution in [0, 0.1) is 11.2 Å². The molecule has 0 radical (unpaired) electrons. The van der Waals surface area contributed by atoms with Gasteiger partial charge >= 0.3 is 0 Å². The fourth-order valence-electron chi connectivity index (χ4n) is 2.72. The summed E-state index contributed by atoms with van der Waals surface area (Å²) in [6.07, 6.45) is 1.11. The van der Waals surface area contributed by atoms with Crippen LogP contribution in [0.4, 0.5) is 4.39 Å². The van der Waals surface area contributed by atoms with E-state index in [-0.39, 0.29) is 11.7 Å². The molecule has 0 aliphatic carbocycles. The molecular weight excluding hydrogens is 255 g/mol. The van der Waals surface area contributed by atoms with Crippen LogP contribution in [0.2, 0.25) is 0 Å². The Morgan fingerprint density at radius 2 is 2.20 bits per heavy atom. The zero-order valence-electron chi connectivity index (χ0n) is 12.2. The molecule has 0 saturated carbocycles. The molecule has 110 valence electrons. The van der Waals surface area contributed by atoms with E-state index in [9.17, 15) is 4.39 Å². The third-order valence-corrected chi connectivity index (χ3v) is 3.92.